The number of alkyl halides is 2. The normalized spacial score (nSPS) is 24.7. The Morgan fingerprint density at radius 3 is 2.42 bits per heavy atom. The minimum atomic E-state index is -4.14. The Bertz CT molecular complexity index is 1680. The molecule has 0 unspecified atom stereocenters. The van der Waals surface area contributed by atoms with Crippen LogP contribution < -0.4 is 13.8 Å². The van der Waals surface area contributed by atoms with Gasteiger partial charge >= 0.3 is 12.6 Å². The fourth-order valence-corrected chi connectivity index (χ4v) is 8.54. The molecule has 228 valence electrons. The summed E-state index contributed by atoms with van der Waals surface area (Å²) in [6.45, 7) is 0.758. The number of ether oxygens (including phenoxy) is 2. The molecule has 3 aromatic rings. The summed E-state index contributed by atoms with van der Waals surface area (Å²) in [7, 11) is -4.14. The average molecular weight is 616 g/mol. The van der Waals surface area contributed by atoms with Crippen molar-refractivity contribution in [1.82, 2.24) is 0 Å². The Kier molecular flexibility index (Phi) is 7.14. The molecule has 1 heterocycles. The molecule has 2 saturated carbocycles. The average Bonchev–Trinajstić information content (AvgIpc) is 3.55. The molecule has 0 spiro atoms. The van der Waals surface area contributed by atoms with Gasteiger partial charge in [-0.1, -0.05) is 32.0 Å². The number of sulfonamides is 1. The molecule has 0 amide bonds. The smallest absolute Gasteiger partial charge is 0.387 e. The standard InChI is InChI=1S/C32H32F3NO6S/c1-19(2)20-4-3-5-25(14-20)43(39,40)36-17-28(31-8-10-32(18-31,11-9-31)29(37)38)42-27-7-6-21(15-26(27)36)22-12-23(33)16-24(13-22)41-30(34)35/h3-7,12-16,19,28,30H,8-11,17-18H2,1-2H3,(H,37,38)/t28-,31?,32?/m1/s1. The van der Waals surface area contributed by atoms with Crippen molar-refractivity contribution in [2.75, 3.05) is 10.8 Å². The summed E-state index contributed by atoms with van der Waals surface area (Å²) in [5, 5.41) is 9.96. The Morgan fingerprint density at radius 1 is 1.02 bits per heavy atom. The maximum absolute atomic E-state index is 14.4. The molecule has 3 aromatic carbocycles. The van der Waals surface area contributed by atoms with Crippen LogP contribution in [0.3, 0.4) is 0 Å². The van der Waals surface area contributed by atoms with Crippen molar-refractivity contribution in [2.24, 2.45) is 10.8 Å². The lowest BCUT2D eigenvalue weighted by molar-refractivity contribution is -0.148. The molecule has 2 bridgehead atoms. The molecule has 1 aliphatic heterocycles. The SMILES string of the molecule is CC(C)c1cccc(S(=O)(=O)N2C[C@H](C34CCC(C(=O)O)(CC3)C4)Oc3ccc(-c4cc(F)cc(OC(F)F)c4)cc32)c1. The highest BCUT2D eigenvalue weighted by atomic mass is 32.2. The van der Waals surface area contributed by atoms with Crippen molar-refractivity contribution < 1.29 is 41.0 Å². The summed E-state index contributed by atoms with van der Waals surface area (Å²) in [6, 6.07) is 14.7. The summed E-state index contributed by atoms with van der Waals surface area (Å²) < 4.78 is 81.0. The van der Waals surface area contributed by atoms with Crippen LogP contribution in [-0.4, -0.2) is 38.8 Å². The van der Waals surface area contributed by atoms with E-state index in [2.05, 4.69) is 4.74 Å². The van der Waals surface area contributed by atoms with Gasteiger partial charge < -0.3 is 14.6 Å². The zero-order valence-electron chi connectivity index (χ0n) is 23.7. The van der Waals surface area contributed by atoms with Crippen LogP contribution in [0.25, 0.3) is 11.1 Å². The lowest BCUT2D eigenvalue weighted by Gasteiger charge is -2.43. The maximum atomic E-state index is 14.4. The number of rotatable bonds is 8. The van der Waals surface area contributed by atoms with Gasteiger partial charge in [0.05, 0.1) is 22.5 Å². The molecule has 0 radical (unpaired) electrons. The van der Waals surface area contributed by atoms with E-state index in [4.69, 9.17) is 4.74 Å². The summed E-state index contributed by atoms with van der Waals surface area (Å²) >= 11 is 0. The van der Waals surface area contributed by atoms with Crippen molar-refractivity contribution in [2.45, 2.75) is 69.5 Å². The molecule has 2 aliphatic carbocycles. The molecule has 43 heavy (non-hydrogen) atoms. The highest BCUT2D eigenvalue weighted by molar-refractivity contribution is 7.92. The topological polar surface area (TPSA) is 93.1 Å². The minimum absolute atomic E-state index is 0.0384. The third kappa shape index (κ3) is 5.11. The van der Waals surface area contributed by atoms with E-state index in [1.54, 1.807) is 30.3 Å². The number of nitrogens with zero attached hydrogens (tertiary/aromatic N) is 1. The minimum Gasteiger partial charge on any atom is -0.486 e. The molecule has 0 aromatic heterocycles. The van der Waals surface area contributed by atoms with E-state index in [0.29, 0.717) is 37.7 Å². The van der Waals surface area contributed by atoms with Gasteiger partial charge in [0.2, 0.25) is 0 Å². The number of hydrogen-bond donors (Lipinski definition) is 1. The summed E-state index contributed by atoms with van der Waals surface area (Å²) in [5.41, 5.74) is 0.352. The second kappa shape index (κ2) is 10.5. The highest BCUT2D eigenvalue weighted by Gasteiger charge is 2.62. The van der Waals surface area contributed by atoms with Gasteiger partial charge in [-0.25, -0.2) is 12.8 Å². The Labute approximate surface area is 248 Å². The number of aliphatic carboxylic acids is 1. The molecular formula is C32H32F3NO6S. The van der Waals surface area contributed by atoms with E-state index in [9.17, 15) is 31.5 Å². The van der Waals surface area contributed by atoms with Crippen molar-refractivity contribution in [3.8, 4) is 22.6 Å². The molecule has 6 rings (SSSR count). The monoisotopic (exact) mass is 615 g/mol. The van der Waals surface area contributed by atoms with Gasteiger partial charge in [0.25, 0.3) is 10.0 Å². The van der Waals surface area contributed by atoms with E-state index in [1.165, 1.54) is 16.4 Å². The van der Waals surface area contributed by atoms with Gasteiger partial charge in [-0.15, -0.1) is 0 Å². The van der Waals surface area contributed by atoms with Crippen LogP contribution in [0.4, 0.5) is 18.9 Å². The number of halogens is 3. The van der Waals surface area contributed by atoms with Crippen LogP contribution in [0.1, 0.15) is 57.4 Å². The predicted octanol–water partition coefficient (Wildman–Crippen LogP) is 7.21. The van der Waals surface area contributed by atoms with Crippen molar-refractivity contribution in [1.29, 1.82) is 0 Å². The van der Waals surface area contributed by atoms with Gasteiger partial charge in [0.1, 0.15) is 23.4 Å². The zero-order valence-corrected chi connectivity index (χ0v) is 24.5. The largest absolute Gasteiger partial charge is 0.486 e. The summed E-state index contributed by atoms with van der Waals surface area (Å²) in [6.07, 6.45) is 2.09. The second-order valence-corrected chi connectivity index (χ2v) is 14.1. The molecule has 2 fully saturated rings. The number of benzene rings is 3. The van der Waals surface area contributed by atoms with Gasteiger partial charge in [-0.05, 0) is 91.1 Å². The molecule has 7 nitrogen and oxygen atoms in total. The van der Waals surface area contributed by atoms with Gasteiger partial charge in [-0.2, -0.15) is 8.78 Å². The van der Waals surface area contributed by atoms with Gasteiger partial charge in [0.15, 0.2) is 0 Å². The number of hydrogen-bond acceptors (Lipinski definition) is 5. The lowest BCUT2D eigenvalue weighted by Crippen LogP contribution is -2.50. The fraction of sp³-hybridized carbons (Fsp3) is 0.406. The Morgan fingerprint density at radius 2 is 1.77 bits per heavy atom. The molecule has 1 N–H and O–H groups in total. The third-order valence-corrected chi connectivity index (χ3v) is 11.2. The van der Waals surface area contributed by atoms with Crippen molar-refractivity contribution >= 4 is 21.7 Å². The first-order valence-electron chi connectivity index (χ1n) is 14.2. The first-order chi connectivity index (χ1) is 20.3. The summed E-state index contributed by atoms with van der Waals surface area (Å²) in [5.74, 6) is -1.60. The van der Waals surface area contributed by atoms with Crippen LogP contribution in [0.5, 0.6) is 11.5 Å². The van der Waals surface area contributed by atoms with E-state index >= 15 is 0 Å². The van der Waals surface area contributed by atoms with Crippen LogP contribution in [0, 0.1) is 16.6 Å². The summed E-state index contributed by atoms with van der Waals surface area (Å²) in [4.78, 5) is 12.3. The van der Waals surface area contributed by atoms with Gasteiger partial charge in [-0.3, -0.25) is 9.10 Å². The van der Waals surface area contributed by atoms with Crippen molar-refractivity contribution in [3.05, 3.63) is 72.0 Å². The molecule has 1 atom stereocenters. The number of anilines is 1. The van der Waals surface area contributed by atoms with E-state index in [-0.39, 0.29) is 40.1 Å². The van der Waals surface area contributed by atoms with E-state index < -0.39 is 45.4 Å². The molecule has 11 heteroatoms. The number of carbonyl (C=O) groups is 1. The first kappa shape index (κ1) is 29.3. The van der Waals surface area contributed by atoms with Crippen LogP contribution in [-0.2, 0) is 14.8 Å². The number of carboxylic acid groups (broad SMARTS) is 1. The van der Waals surface area contributed by atoms with E-state index in [1.807, 2.05) is 19.9 Å². The van der Waals surface area contributed by atoms with Crippen LogP contribution >= 0.6 is 0 Å². The number of fused-ring (bicyclic) bond motifs is 3. The third-order valence-electron chi connectivity index (χ3n) is 9.40. The Hall–Kier alpha value is -3.73. The number of carboxylic acids is 1. The van der Waals surface area contributed by atoms with E-state index in [0.717, 1.165) is 17.7 Å². The Balaban J connectivity index is 1.45. The molecular weight excluding hydrogens is 583 g/mol. The quantitative estimate of drug-likeness (QED) is 0.288. The zero-order chi connectivity index (χ0) is 30.7. The molecule has 0 saturated heterocycles. The van der Waals surface area contributed by atoms with Crippen LogP contribution in [0.15, 0.2) is 65.6 Å². The highest BCUT2D eigenvalue weighted by Crippen LogP contribution is 2.64. The fourth-order valence-electron chi connectivity index (χ4n) is 7.02. The molecule has 3 aliphatic rings. The first-order valence-corrected chi connectivity index (χ1v) is 15.7. The van der Waals surface area contributed by atoms with Crippen molar-refractivity contribution in [3.63, 3.8) is 0 Å². The maximum Gasteiger partial charge on any atom is 0.387 e. The predicted molar refractivity (Wildman–Crippen MR) is 154 cm³/mol. The van der Waals surface area contributed by atoms with Gasteiger partial charge in [0, 0.05) is 11.5 Å². The lowest BCUT2D eigenvalue weighted by atomic mass is 9.78. The second-order valence-electron chi connectivity index (χ2n) is 12.2. The van der Waals surface area contributed by atoms with Crippen LogP contribution in [0.2, 0.25) is 0 Å².